The second kappa shape index (κ2) is 9.10. The first-order valence-electron chi connectivity index (χ1n) is 8.82. The SMILES string of the molecule is COc1ccc(NS(=O)(=O)c2ccc(C(=O)NNC(=O)c3ccccc3)cc2)cc1. The molecule has 8 nitrogen and oxygen atoms in total. The summed E-state index contributed by atoms with van der Waals surface area (Å²) in [6.07, 6.45) is 0. The van der Waals surface area contributed by atoms with Gasteiger partial charge in [-0.05, 0) is 60.7 Å². The van der Waals surface area contributed by atoms with Crippen molar-refractivity contribution in [3.05, 3.63) is 90.0 Å². The molecule has 0 fully saturated rings. The minimum atomic E-state index is -3.83. The highest BCUT2D eigenvalue weighted by Crippen LogP contribution is 2.19. The Hall–Kier alpha value is -3.85. The molecule has 0 radical (unpaired) electrons. The lowest BCUT2D eigenvalue weighted by Gasteiger charge is -2.10. The number of carbonyl (C=O) groups excluding carboxylic acids is 2. The molecule has 0 aromatic heterocycles. The smallest absolute Gasteiger partial charge is 0.269 e. The first-order chi connectivity index (χ1) is 14.4. The molecule has 3 aromatic carbocycles. The second-order valence-corrected chi connectivity index (χ2v) is 7.82. The van der Waals surface area contributed by atoms with Gasteiger partial charge in [0.2, 0.25) is 0 Å². The number of benzene rings is 3. The number of ether oxygens (including phenoxy) is 1. The predicted molar refractivity (Wildman–Crippen MR) is 112 cm³/mol. The summed E-state index contributed by atoms with van der Waals surface area (Å²) in [5.74, 6) is -0.439. The summed E-state index contributed by atoms with van der Waals surface area (Å²) in [6.45, 7) is 0. The Morgan fingerprint density at radius 1 is 0.733 bits per heavy atom. The van der Waals surface area contributed by atoms with Crippen molar-refractivity contribution < 1.29 is 22.7 Å². The molecule has 0 aliphatic rings. The second-order valence-electron chi connectivity index (χ2n) is 6.13. The molecule has 0 unspecified atom stereocenters. The number of amides is 2. The largest absolute Gasteiger partial charge is 0.497 e. The van der Waals surface area contributed by atoms with Gasteiger partial charge >= 0.3 is 0 Å². The summed E-state index contributed by atoms with van der Waals surface area (Å²) in [7, 11) is -2.31. The van der Waals surface area contributed by atoms with Crippen LogP contribution in [0.1, 0.15) is 20.7 Å². The van der Waals surface area contributed by atoms with Crippen LogP contribution in [0.3, 0.4) is 0 Å². The van der Waals surface area contributed by atoms with Gasteiger partial charge in [0.15, 0.2) is 0 Å². The number of hydrogen-bond acceptors (Lipinski definition) is 5. The van der Waals surface area contributed by atoms with Crippen molar-refractivity contribution in [1.29, 1.82) is 0 Å². The van der Waals surface area contributed by atoms with Crippen LogP contribution in [-0.4, -0.2) is 27.3 Å². The maximum absolute atomic E-state index is 12.5. The van der Waals surface area contributed by atoms with E-state index in [4.69, 9.17) is 4.74 Å². The monoisotopic (exact) mass is 425 g/mol. The lowest BCUT2D eigenvalue weighted by atomic mass is 10.2. The van der Waals surface area contributed by atoms with Crippen LogP contribution in [0.5, 0.6) is 5.75 Å². The van der Waals surface area contributed by atoms with Gasteiger partial charge in [0.05, 0.1) is 12.0 Å². The van der Waals surface area contributed by atoms with Crippen molar-refractivity contribution in [1.82, 2.24) is 10.9 Å². The molecule has 0 atom stereocenters. The molecule has 2 amide bonds. The fourth-order valence-electron chi connectivity index (χ4n) is 2.51. The summed E-state index contributed by atoms with van der Waals surface area (Å²) in [5, 5.41) is 0. The van der Waals surface area contributed by atoms with E-state index in [1.165, 1.54) is 31.4 Å². The summed E-state index contributed by atoms with van der Waals surface area (Å²) in [4.78, 5) is 24.1. The molecule has 0 aliphatic heterocycles. The van der Waals surface area contributed by atoms with E-state index in [2.05, 4.69) is 15.6 Å². The third-order valence-electron chi connectivity index (χ3n) is 4.09. The van der Waals surface area contributed by atoms with Crippen molar-refractivity contribution in [2.45, 2.75) is 4.90 Å². The fourth-order valence-corrected chi connectivity index (χ4v) is 3.56. The van der Waals surface area contributed by atoms with Crippen molar-refractivity contribution >= 4 is 27.5 Å². The summed E-state index contributed by atoms with van der Waals surface area (Å²) >= 11 is 0. The van der Waals surface area contributed by atoms with E-state index in [0.29, 0.717) is 17.0 Å². The molecule has 3 N–H and O–H groups in total. The van der Waals surface area contributed by atoms with E-state index < -0.39 is 21.8 Å². The minimum Gasteiger partial charge on any atom is -0.497 e. The van der Waals surface area contributed by atoms with E-state index in [-0.39, 0.29) is 10.5 Å². The Labute approximate surface area is 173 Å². The van der Waals surface area contributed by atoms with Crippen LogP contribution in [0.4, 0.5) is 5.69 Å². The molecule has 0 saturated heterocycles. The Morgan fingerprint density at radius 2 is 1.27 bits per heavy atom. The summed E-state index contributed by atoms with van der Waals surface area (Å²) in [6, 6.07) is 20.1. The number of hydrogen-bond donors (Lipinski definition) is 3. The molecule has 3 rings (SSSR count). The molecule has 0 saturated carbocycles. The molecule has 0 heterocycles. The maximum atomic E-state index is 12.5. The van der Waals surface area contributed by atoms with Crippen molar-refractivity contribution in [2.24, 2.45) is 0 Å². The average molecular weight is 425 g/mol. The molecule has 9 heteroatoms. The first kappa shape index (κ1) is 20.9. The zero-order chi connectivity index (χ0) is 21.6. The summed E-state index contributed by atoms with van der Waals surface area (Å²) < 4.78 is 32.5. The van der Waals surface area contributed by atoms with Gasteiger partial charge in [-0.3, -0.25) is 25.2 Å². The van der Waals surface area contributed by atoms with Crippen LogP contribution in [0, 0.1) is 0 Å². The highest BCUT2D eigenvalue weighted by molar-refractivity contribution is 7.92. The topological polar surface area (TPSA) is 114 Å². The number of nitrogens with one attached hydrogen (secondary N) is 3. The van der Waals surface area contributed by atoms with Gasteiger partial charge in [-0.2, -0.15) is 0 Å². The van der Waals surface area contributed by atoms with Crippen LogP contribution in [0.25, 0.3) is 0 Å². The molecule has 0 bridgehead atoms. The van der Waals surface area contributed by atoms with E-state index >= 15 is 0 Å². The molecule has 0 spiro atoms. The number of carbonyl (C=O) groups is 2. The molecule has 154 valence electrons. The van der Waals surface area contributed by atoms with Crippen LogP contribution < -0.4 is 20.3 Å². The van der Waals surface area contributed by atoms with Gasteiger partial charge in [-0.1, -0.05) is 18.2 Å². The zero-order valence-electron chi connectivity index (χ0n) is 16.0. The number of rotatable bonds is 6. The maximum Gasteiger partial charge on any atom is 0.269 e. The van der Waals surface area contributed by atoms with Gasteiger partial charge < -0.3 is 4.74 Å². The van der Waals surface area contributed by atoms with Gasteiger partial charge in [0.25, 0.3) is 21.8 Å². The van der Waals surface area contributed by atoms with E-state index in [0.717, 1.165) is 0 Å². The van der Waals surface area contributed by atoms with Crippen LogP contribution >= 0.6 is 0 Å². The van der Waals surface area contributed by atoms with Crippen molar-refractivity contribution in [3.63, 3.8) is 0 Å². The zero-order valence-corrected chi connectivity index (χ0v) is 16.8. The molecule has 3 aromatic rings. The van der Waals surface area contributed by atoms with Crippen molar-refractivity contribution in [3.8, 4) is 5.75 Å². The van der Waals surface area contributed by atoms with Crippen molar-refractivity contribution in [2.75, 3.05) is 11.8 Å². The predicted octanol–water partition coefficient (Wildman–Crippen LogP) is 2.57. The Balaban J connectivity index is 1.63. The molecule has 0 aliphatic carbocycles. The Bertz CT molecular complexity index is 1130. The normalized spacial score (nSPS) is 10.7. The molecule has 30 heavy (non-hydrogen) atoms. The summed E-state index contributed by atoms with van der Waals surface area (Å²) in [5.41, 5.74) is 5.55. The molecular formula is C21H19N3O5S. The van der Waals surface area contributed by atoms with Gasteiger partial charge in [-0.25, -0.2) is 8.42 Å². The van der Waals surface area contributed by atoms with E-state index in [9.17, 15) is 18.0 Å². The lowest BCUT2D eigenvalue weighted by Crippen LogP contribution is -2.41. The molecular weight excluding hydrogens is 406 g/mol. The van der Waals surface area contributed by atoms with E-state index in [1.54, 1.807) is 54.6 Å². The Morgan fingerprint density at radius 3 is 1.80 bits per heavy atom. The van der Waals surface area contributed by atoms with Gasteiger partial charge in [0, 0.05) is 16.8 Å². The van der Waals surface area contributed by atoms with Crippen LogP contribution in [-0.2, 0) is 10.0 Å². The van der Waals surface area contributed by atoms with Gasteiger partial charge in [0.1, 0.15) is 5.75 Å². The van der Waals surface area contributed by atoms with E-state index in [1.807, 2.05) is 0 Å². The quantitative estimate of drug-likeness (QED) is 0.525. The number of anilines is 1. The number of sulfonamides is 1. The number of hydrazine groups is 1. The minimum absolute atomic E-state index is 0.0109. The number of methoxy groups -OCH3 is 1. The fraction of sp³-hybridized carbons (Fsp3) is 0.0476. The first-order valence-corrected chi connectivity index (χ1v) is 10.3. The average Bonchev–Trinajstić information content (AvgIpc) is 2.78. The lowest BCUT2D eigenvalue weighted by molar-refractivity contribution is 0.0846. The van der Waals surface area contributed by atoms with Crippen LogP contribution in [0.2, 0.25) is 0 Å². The third-order valence-corrected chi connectivity index (χ3v) is 5.49. The Kier molecular flexibility index (Phi) is 6.33. The van der Waals surface area contributed by atoms with Gasteiger partial charge in [-0.15, -0.1) is 0 Å². The highest BCUT2D eigenvalue weighted by atomic mass is 32.2. The van der Waals surface area contributed by atoms with Crippen LogP contribution in [0.15, 0.2) is 83.8 Å². The third kappa shape index (κ3) is 5.15. The highest BCUT2D eigenvalue weighted by Gasteiger charge is 2.16. The standard InChI is InChI=1S/C21H19N3O5S/c1-29-18-11-9-17(10-12-18)24-30(27,28)19-13-7-16(8-14-19)21(26)23-22-20(25)15-5-3-2-4-6-15/h2-14,24H,1H3,(H,22,25)(H,23,26).